The molecular weight excluding hydrogens is 212 g/mol. The van der Waals surface area contributed by atoms with Crippen LogP contribution < -0.4 is 5.32 Å². The molecule has 1 rings (SSSR count). The van der Waals surface area contributed by atoms with Crippen LogP contribution in [-0.4, -0.2) is 50.8 Å². The SMILES string of the molecule is CC(C)CNCCCCCN1CCCOCC1. The molecule has 1 N–H and O–H groups in total. The molecule has 0 spiro atoms. The Balaban J connectivity index is 1.86. The van der Waals surface area contributed by atoms with Gasteiger partial charge < -0.3 is 15.0 Å². The summed E-state index contributed by atoms with van der Waals surface area (Å²) in [6.45, 7) is 12.4. The van der Waals surface area contributed by atoms with Crippen LogP contribution in [0.2, 0.25) is 0 Å². The van der Waals surface area contributed by atoms with Crippen LogP contribution in [0.3, 0.4) is 0 Å². The van der Waals surface area contributed by atoms with Crippen molar-refractivity contribution >= 4 is 0 Å². The Morgan fingerprint density at radius 2 is 2.00 bits per heavy atom. The van der Waals surface area contributed by atoms with E-state index in [0.717, 1.165) is 32.2 Å². The maximum absolute atomic E-state index is 5.45. The second-order valence-corrected chi connectivity index (χ2v) is 5.47. The van der Waals surface area contributed by atoms with Gasteiger partial charge in [0.2, 0.25) is 0 Å². The van der Waals surface area contributed by atoms with E-state index in [2.05, 4.69) is 24.1 Å². The van der Waals surface area contributed by atoms with Crippen molar-refractivity contribution in [2.24, 2.45) is 5.92 Å². The highest BCUT2D eigenvalue weighted by molar-refractivity contribution is 4.61. The van der Waals surface area contributed by atoms with Crippen molar-refractivity contribution in [3.8, 4) is 0 Å². The van der Waals surface area contributed by atoms with E-state index < -0.39 is 0 Å². The van der Waals surface area contributed by atoms with Crippen LogP contribution in [0.5, 0.6) is 0 Å². The average molecular weight is 242 g/mol. The molecule has 3 nitrogen and oxygen atoms in total. The van der Waals surface area contributed by atoms with Crippen LogP contribution in [-0.2, 0) is 4.74 Å². The van der Waals surface area contributed by atoms with Crippen LogP contribution in [0.25, 0.3) is 0 Å². The van der Waals surface area contributed by atoms with Crippen molar-refractivity contribution in [3.63, 3.8) is 0 Å². The normalized spacial score (nSPS) is 18.5. The Hall–Kier alpha value is -0.120. The van der Waals surface area contributed by atoms with Crippen molar-refractivity contribution < 1.29 is 4.74 Å². The zero-order valence-corrected chi connectivity index (χ0v) is 11.7. The second-order valence-electron chi connectivity index (χ2n) is 5.47. The zero-order valence-electron chi connectivity index (χ0n) is 11.7. The van der Waals surface area contributed by atoms with Crippen LogP contribution in [0.4, 0.5) is 0 Å². The van der Waals surface area contributed by atoms with Gasteiger partial charge in [-0.25, -0.2) is 0 Å². The molecule has 1 aliphatic rings. The quantitative estimate of drug-likeness (QED) is 0.660. The molecule has 1 fully saturated rings. The van der Waals surface area contributed by atoms with Gasteiger partial charge in [0.1, 0.15) is 0 Å². The average Bonchev–Trinajstić information content (AvgIpc) is 2.56. The molecular formula is C14H30N2O. The van der Waals surface area contributed by atoms with E-state index in [-0.39, 0.29) is 0 Å². The molecule has 0 unspecified atom stereocenters. The summed E-state index contributed by atoms with van der Waals surface area (Å²) in [7, 11) is 0. The summed E-state index contributed by atoms with van der Waals surface area (Å²) in [4.78, 5) is 2.55. The molecule has 0 aliphatic carbocycles. The second kappa shape index (κ2) is 9.86. The van der Waals surface area contributed by atoms with E-state index in [0.29, 0.717) is 0 Å². The van der Waals surface area contributed by atoms with E-state index >= 15 is 0 Å². The number of hydrogen-bond acceptors (Lipinski definition) is 3. The van der Waals surface area contributed by atoms with Gasteiger partial charge in [0.05, 0.1) is 6.61 Å². The van der Waals surface area contributed by atoms with E-state index in [4.69, 9.17) is 4.74 Å². The van der Waals surface area contributed by atoms with Crippen molar-refractivity contribution in [3.05, 3.63) is 0 Å². The lowest BCUT2D eigenvalue weighted by Gasteiger charge is -2.18. The third kappa shape index (κ3) is 8.58. The minimum atomic E-state index is 0.770. The van der Waals surface area contributed by atoms with Gasteiger partial charge in [-0.05, 0) is 44.8 Å². The van der Waals surface area contributed by atoms with Crippen molar-refractivity contribution in [1.29, 1.82) is 0 Å². The van der Waals surface area contributed by atoms with Crippen LogP contribution in [0.15, 0.2) is 0 Å². The Bertz CT molecular complexity index is 166. The molecule has 1 aliphatic heterocycles. The molecule has 0 radical (unpaired) electrons. The first kappa shape index (κ1) is 14.9. The van der Waals surface area contributed by atoms with E-state index in [9.17, 15) is 0 Å². The summed E-state index contributed by atoms with van der Waals surface area (Å²) < 4.78 is 5.45. The van der Waals surface area contributed by atoms with Crippen molar-refractivity contribution in [2.45, 2.75) is 39.5 Å². The lowest BCUT2D eigenvalue weighted by atomic mass is 10.2. The third-order valence-corrected chi connectivity index (χ3v) is 3.20. The lowest BCUT2D eigenvalue weighted by molar-refractivity contribution is 0.141. The maximum Gasteiger partial charge on any atom is 0.0593 e. The maximum atomic E-state index is 5.45. The zero-order chi connectivity index (χ0) is 12.3. The van der Waals surface area contributed by atoms with Crippen molar-refractivity contribution in [1.82, 2.24) is 10.2 Å². The van der Waals surface area contributed by atoms with Gasteiger partial charge in [0.15, 0.2) is 0 Å². The number of ether oxygens (including phenoxy) is 1. The predicted molar refractivity (Wildman–Crippen MR) is 73.4 cm³/mol. The molecule has 1 heterocycles. The lowest BCUT2D eigenvalue weighted by Crippen LogP contribution is -2.27. The molecule has 3 heteroatoms. The number of unbranched alkanes of at least 4 members (excludes halogenated alkanes) is 2. The fourth-order valence-corrected chi connectivity index (χ4v) is 2.17. The molecule has 0 atom stereocenters. The van der Waals surface area contributed by atoms with Gasteiger partial charge in [-0.2, -0.15) is 0 Å². The Morgan fingerprint density at radius 1 is 1.12 bits per heavy atom. The Kier molecular flexibility index (Phi) is 8.67. The Labute approximate surface area is 107 Å². The first-order chi connectivity index (χ1) is 8.29. The Morgan fingerprint density at radius 3 is 2.82 bits per heavy atom. The number of nitrogens with zero attached hydrogens (tertiary/aromatic N) is 1. The van der Waals surface area contributed by atoms with Gasteiger partial charge >= 0.3 is 0 Å². The largest absolute Gasteiger partial charge is 0.380 e. The predicted octanol–water partition coefficient (Wildman–Crippen LogP) is 2.12. The van der Waals surface area contributed by atoms with Crippen LogP contribution in [0.1, 0.15) is 39.5 Å². The summed E-state index contributed by atoms with van der Waals surface area (Å²) >= 11 is 0. The molecule has 17 heavy (non-hydrogen) atoms. The van der Waals surface area contributed by atoms with Gasteiger partial charge in [-0.1, -0.05) is 20.3 Å². The van der Waals surface area contributed by atoms with Gasteiger partial charge in [0, 0.05) is 19.7 Å². The molecule has 0 aromatic rings. The molecule has 0 aromatic carbocycles. The van der Waals surface area contributed by atoms with Crippen LogP contribution >= 0.6 is 0 Å². The van der Waals surface area contributed by atoms with Gasteiger partial charge in [-0.15, -0.1) is 0 Å². The molecule has 0 saturated carbocycles. The first-order valence-corrected chi connectivity index (χ1v) is 7.30. The van der Waals surface area contributed by atoms with Crippen LogP contribution in [0, 0.1) is 5.92 Å². The fraction of sp³-hybridized carbons (Fsp3) is 1.00. The molecule has 1 saturated heterocycles. The monoisotopic (exact) mass is 242 g/mol. The summed E-state index contributed by atoms with van der Waals surface area (Å²) in [5, 5.41) is 3.50. The van der Waals surface area contributed by atoms with Gasteiger partial charge in [0.25, 0.3) is 0 Å². The number of hydrogen-bond donors (Lipinski definition) is 1. The fourth-order valence-electron chi connectivity index (χ4n) is 2.17. The standard InChI is InChI=1S/C14H30N2O/c1-14(2)13-15-7-4-3-5-8-16-9-6-11-17-12-10-16/h14-15H,3-13H2,1-2H3. The summed E-state index contributed by atoms with van der Waals surface area (Å²) in [5.74, 6) is 0.770. The highest BCUT2D eigenvalue weighted by Gasteiger charge is 2.07. The van der Waals surface area contributed by atoms with E-state index in [1.807, 2.05) is 0 Å². The minimum absolute atomic E-state index is 0.770. The highest BCUT2D eigenvalue weighted by Crippen LogP contribution is 2.03. The summed E-state index contributed by atoms with van der Waals surface area (Å²) in [6.07, 6.45) is 5.21. The third-order valence-electron chi connectivity index (χ3n) is 3.20. The van der Waals surface area contributed by atoms with E-state index in [1.54, 1.807) is 0 Å². The highest BCUT2D eigenvalue weighted by atomic mass is 16.5. The topological polar surface area (TPSA) is 24.5 Å². The van der Waals surface area contributed by atoms with Crippen molar-refractivity contribution in [2.75, 3.05) is 45.9 Å². The van der Waals surface area contributed by atoms with E-state index in [1.165, 1.54) is 45.3 Å². The molecule has 0 aromatic heterocycles. The molecule has 0 amide bonds. The number of nitrogens with one attached hydrogen (secondary N) is 1. The summed E-state index contributed by atoms with van der Waals surface area (Å²) in [6, 6.07) is 0. The minimum Gasteiger partial charge on any atom is -0.380 e. The first-order valence-electron chi connectivity index (χ1n) is 7.30. The smallest absolute Gasteiger partial charge is 0.0593 e. The number of rotatable bonds is 8. The molecule has 0 bridgehead atoms. The van der Waals surface area contributed by atoms with Gasteiger partial charge in [-0.3, -0.25) is 0 Å². The summed E-state index contributed by atoms with van der Waals surface area (Å²) in [5.41, 5.74) is 0. The molecule has 102 valence electrons.